The van der Waals surface area contributed by atoms with Gasteiger partial charge in [-0.25, -0.2) is 4.98 Å². The molecule has 0 aliphatic carbocycles. The summed E-state index contributed by atoms with van der Waals surface area (Å²) in [4.78, 5) is 29.1. The summed E-state index contributed by atoms with van der Waals surface area (Å²) in [6.45, 7) is 2.57. The van der Waals surface area contributed by atoms with Crippen molar-refractivity contribution in [1.82, 2.24) is 9.88 Å². The summed E-state index contributed by atoms with van der Waals surface area (Å²) in [7, 11) is 1.46. The van der Waals surface area contributed by atoms with Crippen LogP contribution in [-0.4, -0.2) is 38.7 Å². The number of carbonyl (C=O) groups is 1. The first kappa shape index (κ1) is 20.7. The molecule has 0 unspecified atom stereocenters. The van der Waals surface area contributed by atoms with E-state index in [1.807, 2.05) is 6.92 Å². The lowest BCUT2D eigenvalue weighted by atomic mass is 10.2. The first-order chi connectivity index (χ1) is 13.9. The minimum Gasteiger partial charge on any atom is -0.493 e. The average molecular weight is 431 g/mol. The van der Waals surface area contributed by atoms with Crippen molar-refractivity contribution in [2.24, 2.45) is 0 Å². The van der Waals surface area contributed by atoms with Gasteiger partial charge in [-0.1, -0.05) is 37.0 Å². The van der Waals surface area contributed by atoms with Gasteiger partial charge in [-0.3, -0.25) is 19.8 Å². The number of ether oxygens (including phenoxy) is 2. The first-order valence-corrected chi connectivity index (χ1v) is 9.87. The van der Waals surface area contributed by atoms with Gasteiger partial charge >= 0.3 is 5.69 Å². The van der Waals surface area contributed by atoms with Crippen LogP contribution in [-0.2, 0) is 4.79 Å². The van der Waals surface area contributed by atoms with Gasteiger partial charge in [-0.15, -0.1) is 0 Å². The Kier molecular flexibility index (Phi) is 6.45. The van der Waals surface area contributed by atoms with E-state index in [2.05, 4.69) is 4.98 Å². The number of methoxy groups -OCH3 is 1. The molecule has 8 nitrogen and oxygen atoms in total. The van der Waals surface area contributed by atoms with Gasteiger partial charge in [-0.2, -0.15) is 0 Å². The van der Waals surface area contributed by atoms with Gasteiger partial charge < -0.3 is 9.47 Å². The van der Waals surface area contributed by atoms with E-state index >= 15 is 0 Å². The minimum absolute atomic E-state index is 0.120. The quantitative estimate of drug-likeness (QED) is 0.275. The average Bonchev–Trinajstić information content (AvgIpc) is 2.97. The first-order valence-electron chi connectivity index (χ1n) is 8.65. The largest absolute Gasteiger partial charge is 0.493 e. The number of hydrogen-bond acceptors (Lipinski definition) is 8. The van der Waals surface area contributed by atoms with Crippen molar-refractivity contribution in [2.45, 2.75) is 13.3 Å². The smallest absolute Gasteiger partial charge is 0.331 e. The van der Waals surface area contributed by atoms with E-state index in [0.717, 1.165) is 6.42 Å². The third-order valence-electron chi connectivity index (χ3n) is 3.96. The zero-order valence-electron chi connectivity index (χ0n) is 15.7. The number of hydrogen-bond donors (Lipinski definition) is 0. The van der Waals surface area contributed by atoms with E-state index in [-0.39, 0.29) is 23.2 Å². The summed E-state index contributed by atoms with van der Waals surface area (Å²) < 4.78 is 11.5. The molecule has 1 amide bonds. The number of thiocarbonyl (C=S) groups is 1. The zero-order valence-corrected chi connectivity index (χ0v) is 17.3. The van der Waals surface area contributed by atoms with Crippen LogP contribution in [0.3, 0.4) is 0 Å². The van der Waals surface area contributed by atoms with E-state index in [4.69, 9.17) is 21.7 Å². The highest BCUT2D eigenvalue weighted by Crippen LogP contribution is 2.37. The lowest BCUT2D eigenvalue weighted by molar-refractivity contribution is -0.386. The molecule has 1 aliphatic rings. The number of nitrogens with zero attached hydrogens (tertiary/aromatic N) is 3. The number of nitro groups is 1. The standard InChI is InChI=1S/C19H17N3O5S2/c1-3-9-21-18(23)16(29-19(21)28)11-12-6-7-14(15(10-12)26-2)27-17-13(22(24)25)5-4-8-20-17/h4-8,10-11H,3,9H2,1-2H3/b16-11+. The minimum atomic E-state index is -0.568. The van der Waals surface area contributed by atoms with E-state index in [9.17, 15) is 14.9 Å². The van der Waals surface area contributed by atoms with Gasteiger partial charge in [0.25, 0.3) is 11.8 Å². The van der Waals surface area contributed by atoms with Crippen molar-refractivity contribution in [1.29, 1.82) is 0 Å². The van der Waals surface area contributed by atoms with Crippen LogP contribution in [0.5, 0.6) is 17.4 Å². The van der Waals surface area contributed by atoms with Crippen LogP contribution in [0.1, 0.15) is 18.9 Å². The number of amides is 1. The van der Waals surface area contributed by atoms with Gasteiger partial charge in [0.1, 0.15) is 4.32 Å². The molecule has 0 radical (unpaired) electrons. The van der Waals surface area contributed by atoms with Gasteiger partial charge in [0, 0.05) is 18.8 Å². The second-order valence-electron chi connectivity index (χ2n) is 5.93. The highest BCUT2D eigenvalue weighted by Gasteiger charge is 2.31. The highest BCUT2D eigenvalue weighted by molar-refractivity contribution is 8.26. The number of carbonyl (C=O) groups excluding carboxylic acids is 1. The lowest BCUT2D eigenvalue weighted by Gasteiger charge is -2.12. The van der Waals surface area contributed by atoms with Crippen molar-refractivity contribution in [3.8, 4) is 17.4 Å². The summed E-state index contributed by atoms with van der Waals surface area (Å²) in [5.41, 5.74) is 0.458. The Hall–Kier alpha value is -2.98. The normalized spacial score (nSPS) is 15.1. The molecule has 0 N–H and O–H groups in total. The molecule has 10 heteroatoms. The summed E-state index contributed by atoms with van der Waals surface area (Å²) in [5, 5.41) is 11.1. The van der Waals surface area contributed by atoms with Gasteiger partial charge in [-0.05, 0) is 36.3 Å². The van der Waals surface area contributed by atoms with Crippen LogP contribution in [0.4, 0.5) is 5.69 Å². The van der Waals surface area contributed by atoms with Crippen molar-refractivity contribution in [3.63, 3.8) is 0 Å². The van der Waals surface area contributed by atoms with Crippen LogP contribution >= 0.6 is 24.0 Å². The monoisotopic (exact) mass is 431 g/mol. The number of pyridine rings is 1. The maximum atomic E-state index is 12.5. The molecule has 3 rings (SSSR count). The zero-order chi connectivity index (χ0) is 21.0. The molecule has 29 heavy (non-hydrogen) atoms. The predicted molar refractivity (Wildman–Crippen MR) is 114 cm³/mol. The van der Waals surface area contributed by atoms with Crippen LogP contribution < -0.4 is 9.47 Å². The van der Waals surface area contributed by atoms with Crippen molar-refractivity contribution in [2.75, 3.05) is 13.7 Å². The van der Waals surface area contributed by atoms with Crippen molar-refractivity contribution < 1.29 is 19.2 Å². The third-order valence-corrected chi connectivity index (χ3v) is 5.34. The summed E-state index contributed by atoms with van der Waals surface area (Å²) in [6.07, 6.45) is 3.95. The summed E-state index contributed by atoms with van der Waals surface area (Å²) in [5.74, 6) is 0.363. The molecule has 0 spiro atoms. The number of aromatic nitrogens is 1. The van der Waals surface area contributed by atoms with Crippen molar-refractivity contribution in [3.05, 3.63) is 57.1 Å². The Morgan fingerprint density at radius 2 is 2.14 bits per heavy atom. The molecule has 1 fully saturated rings. The Labute approximate surface area is 176 Å². The molecule has 0 bridgehead atoms. The fourth-order valence-electron chi connectivity index (χ4n) is 2.63. The number of benzene rings is 1. The maximum Gasteiger partial charge on any atom is 0.331 e. The summed E-state index contributed by atoms with van der Waals surface area (Å²) in [6, 6.07) is 7.77. The Morgan fingerprint density at radius 1 is 1.34 bits per heavy atom. The highest BCUT2D eigenvalue weighted by atomic mass is 32.2. The lowest BCUT2D eigenvalue weighted by Crippen LogP contribution is -2.28. The fourth-order valence-corrected chi connectivity index (χ4v) is 3.94. The molecular weight excluding hydrogens is 414 g/mol. The molecule has 150 valence electrons. The second kappa shape index (κ2) is 9.01. The van der Waals surface area contributed by atoms with Crippen LogP contribution in [0, 0.1) is 10.1 Å². The third kappa shape index (κ3) is 4.54. The topological polar surface area (TPSA) is 94.8 Å². The second-order valence-corrected chi connectivity index (χ2v) is 7.61. The van der Waals surface area contributed by atoms with E-state index in [1.54, 1.807) is 29.2 Å². The van der Waals surface area contributed by atoms with Crippen LogP contribution in [0.25, 0.3) is 6.08 Å². The predicted octanol–water partition coefficient (Wildman–Crippen LogP) is 4.40. The van der Waals surface area contributed by atoms with E-state index in [1.165, 1.54) is 37.2 Å². The Morgan fingerprint density at radius 3 is 2.83 bits per heavy atom. The number of thioether (sulfide) groups is 1. The number of rotatable bonds is 7. The van der Waals surface area contributed by atoms with E-state index in [0.29, 0.717) is 27.1 Å². The van der Waals surface area contributed by atoms with Crippen LogP contribution in [0.15, 0.2) is 41.4 Å². The van der Waals surface area contributed by atoms with Crippen LogP contribution in [0.2, 0.25) is 0 Å². The molecular formula is C19H17N3O5S2. The molecule has 1 aromatic heterocycles. The van der Waals surface area contributed by atoms with Gasteiger partial charge in [0.05, 0.1) is 16.9 Å². The Balaban J connectivity index is 1.88. The molecule has 0 saturated carbocycles. The fraction of sp³-hybridized carbons (Fsp3) is 0.211. The van der Waals surface area contributed by atoms with Crippen molar-refractivity contribution >= 4 is 46.0 Å². The van der Waals surface area contributed by atoms with Gasteiger partial charge in [0.15, 0.2) is 11.5 Å². The molecule has 1 aliphatic heterocycles. The molecule has 1 aromatic carbocycles. The maximum absolute atomic E-state index is 12.5. The van der Waals surface area contributed by atoms with Gasteiger partial charge in [0.2, 0.25) is 0 Å². The SMILES string of the molecule is CCCN1C(=O)/C(=C\c2ccc(Oc3ncccc3[N+](=O)[O-])c(OC)c2)SC1=S. The molecule has 1 saturated heterocycles. The molecule has 0 atom stereocenters. The van der Waals surface area contributed by atoms with E-state index < -0.39 is 4.92 Å². The molecule has 2 heterocycles. The Bertz CT molecular complexity index is 1010. The summed E-state index contributed by atoms with van der Waals surface area (Å²) >= 11 is 6.53. The molecule has 2 aromatic rings.